The normalized spacial score (nSPS) is 27.6. The molecule has 0 spiro atoms. The molecule has 0 aliphatic heterocycles. The number of hydrogen-bond acceptors (Lipinski definition) is 4. The lowest BCUT2D eigenvalue weighted by atomic mass is 9.77. The van der Waals surface area contributed by atoms with Crippen LogP contribution in [0.4, 0.5) is 0 Å². The molecule has 0 radical (unpaired) electrons. The van der Waals surface area contributed by atoms with Gasteiger partial charge in [0.15, 0.2) is 0 Å². The average molecular weight is 469 g/mol. The molecule has 0 saturated carbocycles. The third-order valence-corrected chi connectivity index (χ3v) is 7.87. The van der Waals surface area contributed by atoms with E-state index < -0.39 is 11.6 Å². The third-order valence-electron chi connectivity index (χ3n) is 7.87. The van der Waals surface area contributed by atoms with Crippen molar-refractivity contribution in [2.24, 2.45) is 29.6 Å². The summed E-state index contributed by atoms with van der Waals surface area (Å²) < 4.78 is 6.43. The van der Waals surface area contributed by atoms with Gasteiger partial charge >= 0.3 is 5.97 Å². The van der Waals surface area contributed by atoms with Gasteiger partial charge in [0.25, 0.3) is 0 Å². The number of allylic oxidation sites excluding steroid dienone is 1. The Bertz CT molecular complexity index is 573. The first-order valence-electron chi connectivity index (χ1n) is 13.4. The van der Waals surface area contributed by atoms with E-state index in [4.69, 9.17) is 9.84 Å². The summed E-state index contributed by atoms with van der Waals surface area (Å²) in [5.41, 5.74) is -0.716. The Hall–Kier alpha value is -0.910. The van der Waals surface area contributed by atoms with E-state index >= 15 is 0 Å². The smallest absolute Gasteiger partial charge is 0.306 e. The van der Waals surface area contributed by atoms with Gasteiger partial charge in [-0.05, 0) is 63.2 Å². The van der Waals surface area contributed by atoms with Gasteiger partial charge in [-0.15, -0.1) is 0 Å². The summed E-state index contributed by atoms with van der Waals surface area (Å²) in [5.74, 6) is 0.878. The second kappa shape index (κ2) is 15.2. The van der Waals surface area contributed by atoms with E-state index in [0.717, 1.165) is 51.4 Å². The monoisotopic (exact) mass is 468 g/mol. The topological polar surface area (TPSA) is 87.0 Å². The van der Waals surface area contributed by atoms with Crippen molar-refractivity contribution in [2.75, 3.05) is 6.61 Å². The maximum absolute atomic E-state index is 10.9. The van der Waals surface area contributed by atoms with E-state index in [0.29, 0.717) is 36.5 Å². The Labute approximate surface area is 203 Å². The number of carboxylic acids is 1. The van der Waals surface area contributed by atoms with Crippen LogP contribution in [0.2, 0.25) is 0 Å². The highest BCUT2D eigenvalue weighted by Gasteiger charge is 2.33. The van der Waals surface area contributed by atoms with Gasteiger partial charge in [-0.3, -0.25) is 4.79 Å². The summed E-state index contributed by atoms with van der Waals surface area (Å²) in [7, 11) is 0. The van der Waals surface area contributed by atoms with Crippen molar-refractivity contribution >= 4 is 5.97 Å². The molecule has 5 nitrogen and oxygen atoms in total. The highest BCUT2D eigenvalue weighted by molar-refractivity contribution is 5.69. The number of carboxylic acid groups (broad SMARTS) is 1. The molecule has 0 heterocycles. The molecule has 1 aliphatic rings. The van der Waals surface area contributed by atoms with E-state index in [2.05, 4.69) is 39.8 Å². The zero-order valence-corrected chi connectivity index (χ0v) is 22.1. The molecule has 5 heteroatoms. The van der Waals surface area contributed by atoms with Crippen LogP contribution in [-0.2, 0) is 9.53 Å². The Kier molecular flexibility index (Phi) is 13.8. The van der Waals surface area contributed by atoms with Crippen molar-refractivity contribution in [2.45, 2.75) is 124 Å². The minimum Gasteiger partial charge on any atom is -0.481 e. The Morgan fingerprint density at radius 2 is 1.64 bits per heavy atom. The molecular formula is C28H52O5. The number of aliphatic hydroxyl groups is 2. The fourth-order valence-electron chi connectivity index (χ4n) is 5.02. The zero-order valence-electron chi connectivity index (χ0n) is 22.1. The number of rotatable bonds is 17. The van der Waals surface area contributed by atoms with Crippen LogP contribution in [0.25, 0.3) is 0 Å². The van der Waals surface area contributed by atoms with Gasteiger partial charge in [0.2, 0.25) is 0 Å². The molecule has 8 atom stereocenters. The van der Waals surface area contributed by atoms with Gasteiger partial charge in [0, 0.05) is 5.92 Å². The summed E-state index contributed by atoms with van der Waals surface area (Å²) in [5, 5.41) is 29.5. The zero-order chi connectivity index (χ0) is 25.0. The highest BCUT2D eigenvalue weighted by Crippen LogP contribution is 2.34. The molecule has 0 aromatic heterocycles. The molecule has 0 aromatic carbocycles. The van der Waals surface area contributed by atoms with Gasteiger partial charge in [0.05, 0.1) is 30.3 Å². The molecule has 33 heavy (non-hydrogen) atoms. The predicted molar refractivity (Wildman–Crippen MR) is 135 cm³/mol. The molecular weight excluding hydrogens is 416 g/mol. The van der Waals surface area contributed by atoms with Crippen molar-refractivity contribution in [3.63, 3.8) is 0 Å². The van der Waals surface area contributed by atoms with Crippen molar-refractivity contribution in [1.29, 1.82) is 0 Å². The minimum absolute atomic E-state index is 0.0789. The van der Waals surface area contributed by atoms with Gasteiger partial charge in [-0.1, -0.05) is 72.5 Å². The number of aliphatic carboxylic acids is 1. The molecule has 194 valence electrons. The highest BCUT2D eigenvalue weighted by atomic mass is 16.5. The van der Waals surface area contributed by atoms with Crippen LogP contribution >= 0.6 is 0 Å². The first-order chi connectivity index (χ1) is 15.5. The van der Waals surface area contributed by atoms with Gasteiger partial charge in [-0.2, -0.15) is 0 Å². The van der Waals surface area contributed by atoms with E-state index in [9.17, 15) is 15.0 Å². The van der Waals surface area contributed by atoms with Gasteiger partial charge in [0.1, 0.15) is 0 Å². The van der Waals surface area contributed by atoms with E-state index in [1.165, 1.54) is 0 Å². The predicted octanol–water partition coefficient (Wildman–Crippen LogP) is 6.22. The lowest BCUT2D eigenvalue weighted by Gasteiger charge is -2.38. The van der Waals surface area contributed by atoms with Crippen LogP contribution < -0.4 is 0 Å². The van der Waals surface area contributed by atoms with E-state index in [-0.39, 0.29) is 24.7 Å². The molecule has 3 N–H and O–H groups in total. The van der Waals surface area contributed by atoms with Gasteiger partial charge in [-0.25, -0.2) is 0 Å². The molecule has 0 amide bonds. The SMILES string of the molecule is CCC1C=CC(C)C(C)C1OC(CO)CCCC(C)CCCC(C)(O)CCCC(C)C(=O)O. The summed E-state index contributed by atoms with van der Waals surface area (Å²) in [6.07, 6.45) is 13.6. The molecule has 1 rings (SSSR count). The van der Waals surface area contributed by atoms with Crippen molar-refractivity contribution in [3.05, 3.63) is 12.2 Å². The summed E-state index contributed by atoms with van der Waals surface area (Å²) in [6.45, 7) is 12.7. The van der Waals surface area contributed by atoms with Crippen molar-refractivity contribution < 1.29 is 24.9 Å². The summed E-state index contributed by atoms with van der Waals surface area (Å²) >= 11 is 0. The molecule has 0 bridgehead atoms. The standard InChI is InChI=1S/C28H52O5/c1-7-24-16-15-21(3)23(5)26(24)33-25(19-29)14-8-11-20(2)12-9-17-28(6,32)18-10-13-22(4)27(30)31/h15-16,20-26,29,32H,7-14,17-19H2,1-6H3,(H,30,31). The first kappa shape index (κ1) is 30.1. The molecule has 1 aliphatic carbocycles. The molecule has 0 fully saturated rings. The third kappa shape index (κ3) is 11.4. The minimum atomic E-state index is -0.762. The van der Waals surface area contributed by atoms with Crippen LogP contribution in [0.3, 0.4) is 0 Å². The fourth-order valence-corrected chi connectivity index (χ4v) is 5.02. The lowest BCUT2D eigenvalue weighted by molar-refractivity contribution is -0.141. The summed E-state index contributed by atoms with van der Waals surface area (Å²) in [4.78, 5) is 10.9. The Balaban J connectivity index is 2.29. The Morgan fingerprint density at radius 3 is 2.21 bits per heavy atom. The number of ether oxygens (including phenoxy) is 1. The second-order valence-electron chi connectivity index (χ2n) is 11.1. The summed E-state index contributed by atoms with van der Waals surface area (Å²) in [6, 6.07) is 0. The maximum Gasteiger partial charge on any atom is 0.306 e. The van der Waals surface area contributed by atoms with Gasteiger partial charge < -0.3 is 20.1 Å². The maximum atomic E-state index is 10.9. The molecule has 8 unspecified atom stereocenters. The number of hydrogen-bond donors (Lipinski definition) is 3. The Morgan fingerprint density at radius 1 is 1.03 bits per heavy atom. The van der Waals surface area contributed by atoms with Crippen LogP contribution in [0.15, 0.2) is 12.2 Å². The molecule has 0 saturated heterocycles. The van der Waals surface area contributed by atoms with E-state index in [1.807, 2.05) is 6.92 Å². The number of carbonyl (C=O) groups is 1. The largest absolute Gasteiger partial charge is 0.481 e. The average Bonchev–Trinajstić information content (AvgIpc) is 2.75. The number of aliphatic hydroxyl groups excluding tert-OH is 1. The first-order valence-corrected chi connectivity index (χ1v) is 13.4. The van der Waals surface area contributed by atoms with Crippen molar-refractivity contribution in [3.8, 4) is 0 Å². The van der Waals surface area contributed by atoms with Crippen molar-refractivity contribution in [1.82, 2.24) is 0 Å². The lowest BCUT2D eigenvalue weighted by Crippen LogP contribution is -2.39. The second-order valence-corrected chi connectivity index (χ2v) is 11.1. The van der Waals surface area contributed by atoms with Crippen LogP contribution in [-0.4, -0.2) is 45.7 Å². The quantitative estimate of drug-likeness (QED) is 0.221. The van der Waals surface area contributed by atoms with Crippen LogP contribution in [0, 0.1) is 29.6 Å². The fraction of sp³-hybridized carbons (Fsp3) is 0.893. The molecule has 0 aromatic rings. The van der Waals surface area contributed by atoms with Crippen LogP contribution in [0.5, 0.6) is 0 Å². The van der Waals surface area contributed by atoms with Crippen LogP contribution in [0.1, 0.15) is 106 Å². The van der Waals surface area contributed by atoms with E-state index in [1.54, 1.807) is 6.92 Å².